The summed E-state index contributed by atoms with van der Waals surface area (Å²) in [6.45, 7) is -0.317. The van der Waals surface area contributed by atoms with Crippen LogP contribution in [-0.2, 0) is 9.53 Å². The molecule has 2 aromatic carbocycles. The van der Waals surface area contributed by atoms with Gasteiger partial charge in [-0.15, -0.1) is 0 Å². The van der Waals surface area contributed by atoms with E-state index >= 15 is 0 Å². The maximum atomic E-state index is 12.6. The molecule has 0 aliphatic rings. The zero-order valence-corrected chi connectivity index (χ0v) is 17.0. The Morgan fingerprint density at radius 1 is 1.07 bits per heavy atom. The van der Waals surface area contributed by atoms with E-state index in [2.05, 4.69) is 0 Å². The van der Waals surface area contributed by atoms with Crippen LogP contribution in [0.4, 0.5) is 0 Å². The van der Waals surface area contributed by atoms with Gasteiger partial charge in [0.25, 0.3) is 0 Å². The molecule has 3 rings (SSSR count). The molecule has 0 amide bonds. The van der Waals surface area contributed by atoms with Crippen LogP contribution in [0.2, 0.25) is 5.02 Å². The number of carboxylic acid groups (broad SMARTS) is 1. The molecule has 1 N–H and O–H groups in total. The van der Waals surface area contributed by atoms with Crippen molar-refractivity contribution in [2.45, 2.75) is 0 Å². The second kappa shape index (κ2) is 9.51. The largest absolute Gasteiger partial charge is 0.493 e. The number of para-hydroxylation sites is 1. The van der Waals surface area contributed by atoms with Gasteiger partial charge in [0, 0.05) is 12.1 Å². The van der Waals surface area contributed by atoms with E-state index in [1.54, 1.807) is 30.3 Å². The second-order valence-electron chi connectivity index (χ2n) is 6.09. The van der Waals surface area contributed by atoms with Crippen LogP contribution in [0.5, 0.6) is 17.2 Å². The van der Waals surface area contributed by atoms with Gasteiger partial charge < -0.3 is 28.5 Å². The van der Waals surface area contributed by atoms with E-state index in [0.717, 1.165) is 0 Å². The second-order valence-corrected chi connectivity index (χ2v) is 6.50. The van der Waals surface area contributed by atoms with Crippen LogP contribution in [0.15, 0.2) is 45.6 Å². The number of aliphatic carboxylic acids is 1. The number of rotatable bonds is 9. The summed E-state index contributed by atoms with van der Waals surface area (Å²) < 4.78 is 27.3. The molecular formula is C21H19ClO8. The summed E-state index contributed by atoms with van der Waals surface area (Å²) in [5.41, 5.74) is 0.427. The predicted molar refractivity (Wildman–Crippen MR) is 110 cm³/mol. The molecule has 9 heteroatoms. The fraction of sp³-hybridized carbons (Fsp3) is 0.238. The summed E-state index contributed by atoms with van der Waals surface area (Å²) in [6, 6.07) is 9.47. The zero-order valence-electron chi connectivity index (χ0n) is 16.3. The van der Waals surface area contributed by atoms with E-state index < -0.39 is 12.6 Å². The Bertz CT molecular complexity index is 1120. The lowest BCUT2D eigenvalue weighted by atomic mass is 10.1. The minimum absolute atomic E-state index is 0.0492. The summed E-state index contributed by atoms with van der Waals surface area (Å²) in [4.78, 5) is 23.1. The van der Waals surface area contributed by atoms with Crippen LogP contribution < -0.4 is 19.6 Å². The lowest BCUT2D eigenvalue weighted by Gasteiger charge is -2.15. The minimum atomic E-state index is -1.07. The van der Waals surface area contributed by atoms with Crippen LogP contribution >= 0.6 is 11.6 Å². The Kier molecular flexibility index (Phi) is 6.81. The van der Waals surface area contributed by atoms with Crippen molar-refractivity contribution in [3.63, 3.8) is 0 Å². The Morgan fingerprint density at radius 3 is 2.50 bits per heavy atom. The average molecular weight is 435 g/mol. The highest BCUT2D eigenvalue weighted by molar-refractivity contribution is 6.34. The Hall–Kier alpha value is -3.23. The van der Waals surface area contributed by atoms with Gasteiger partial charge in [-0.2, -0.15) is 0 Å². The molecule has 0 aliphatic heterocycles. The number of carboxylic acids is 1. The molecule has 3 aromatic rings. The fourth-order valence-corrected chi connectivity index (χ4v) is 3.03. The Balaban J connectivity index is 2.04. The minimum Gasteiger partial charge on any atom is -0.493 e. The quantitative estimate of drug-likeness (QED) is 0.509. The van der Waals surface area contributed by atoms with Gasteiger partial charge >= 0.3 is 5.97 Å². The van der Waals surface area contributed by atoms with Crippen LogP contribution in [-0.4, -0.2) is 45.1 Å². The van der Waals surface area contributed by atoms with Crippen molar-refractivity contribution in [2.75, 3.05) is 34.0 Å². The summed E-state index contributed by atoms with van der Waals surface area (Å²) in [6.07, 6.45) is 0. The van der Waals surface area contributed by atoms with E-state index in [9.17, 15) is 9.59 Å². The number of methoxy groups -OCH3 is 2. The number of hydrogen-bond donors (Lipinski definition) is 1. The first-order valence-corrected chi connectivity index (χ1v) is 9.23. The monoisotopic (exact) mass is 434 g/mol. The summed E-state index contributed by atoms with van der Waals surface area (Å²) in [7, 11) is 2.96. The summed E-state index contributed by atoms with van der Waals surface area (Å²) >= 11 is 6.21. The number of ether oxygens (including phenoxy) is 4. The molecular weight excluding hydrogens is 416 g/mol. The standard InChI is InChI=1S/C21H19ClO8/c1-26-18-8-13(16(10-19(18)27-2)29-7-6-28-11-20(24)25)17-9-15(23)12-4-3-5-14(22)21(12)30-17/h3-5,8-10H,6-7,11H2,1-2H3,(H,24,25). The van der Waals surface area contributed by atoms with Crippen molar-refractivity contribution in [2.24, 2.45) is 0 Å². The van der Waals surface area contributed by atoms with Crippen molar-refractivity contribution >= 4 is 28.5 Å². The summed E-state index contributed by atoms with van der Waals surface area (Å²) in [5.74, 6) is 0.300. The first kappa shape index (κ1) is 21.5. The molecule has 0 atom stereocenters. The first-order chi connectivity index (χ1) is 14.4. The van der Waals surface area contributed by atoms with E-state index in [0.29, 0.717) is 33.2 Å². The van der Waals surface area contributed by atoms with Gasteiger partial charge in [-0.1, -0.05) is 17.7 Å². The lowest BCUT2D eigenvalue weighted by Crippen LogP contribution is -2.13. The molecule has 0 radical (unpaired) electrons. The Morgan fingerprint density at radius 2 is 1.80 bits per heavy atom. The number of halogens is 1. The Labute approximate surface area is 176 Å². The predicted octanol–water partition coefficient (Wildman–Crippen LogP) is 3.61. The number of hydrogen-bond acceptors (Lipinski definition) is 7. The molecule has 1 aromatic heterocycles. The third-order valence-corrected chi connectivity index (χ3v) is 4.47. The molecule has 0 saturated carbocycles. The van der Waals surface area contributed by atoms with Gasteiger partial charge in [-0.05, 0) is 18.2 Å². The van der Waals surface area contributed by atoms with Crippen molar-refractivity contribution in [1.82, 2.24) is 0 Å². The molecule has 0 bridgehead atoms. The van der Waals surface area contributed by atoms with Gasteiger partial charge in [0.05, 0.1) is 36.8 Å². The molecule has 0 aliphatic carbocycles. The number of benzene rings is 2. The number of carbonyl (C=O) groups is 1. The normalized spacial score (nSPS) is 10.8. The van der Waals surface area contributed by atoms with Crippen LogP contribution in [0.1, 0.15) is 0 Å². The summed E-state index contributed by atoms with van der Waals surface area (Å²) in [5, 5.41) is 9.29. The van der Waals surface area contributed by atoms with Crippen molar-refractivity contribution < 1.29 is 33.3 Å². The highest BCUT2D eigenvalue weighted by atomic mass is 35.5. The average Bonchev–Trinajstić information content (AvgIpc) is 2.73. The zero-order chi connectivity index (χ0) is 21.7. The molecule has 0 fully saturated rings. The molecule has 0 saturated heterocycles. The van der Waals surface area contributed by atoms with Crippen LogP contribution in [0, 0.1) is 0 Å². The number of fused-ring (bicyclic) bond motifs is 1. The van der Waals surface area contributed by atoms with E-state index in [1.165, 1.54) is 20.3 Å². The first-order valence-electron chi connectivity index (χ1n) is 8.85. The van der Waals surface area contributed by atoms with Crippen molar-refractivity contribution in [3.8, 4) is 28.6 Å². The van der Waals surface area contributed by atoms with Crippen molar-refractivity contribution in [1.29, 1.82) is 0 Å². The van der Waals surface area contributed by atoms with Gasteiger partial charge in [0.15, 0.2) is 22.5 Å². The molecule has 0 unspecified atom stereocenters. The van der Waals surface area contributed by atoms with Gasteiger partial charge in [-0.3, -0.25) is 4.79 Å². The van der Waals surface area contributed by atoms with E-state index in [4.69, 9.17) is 40.1 Å². The SMILES string of the molecule is COc1cc(OCCOCC(=O)O)c(-c2cc(=O)c3cccc(Cl)c3o2)cc1OC. The third-order valence-electron chi connectivity index (χ3n) is 4.17. The maximum absolute atomic E-state index is 12.6. The van der Waals surface area contributed by atoms with Crippen molar-refractivity contribution in [3.05, 3.63) is 51.6 Å². The van der Waals surface area contributed by atoms with Gasteiger partial charge in [0.2, 0.25) is 0 Å². The van der Waals surface area contributed by atoms with E-state index in [1.807, 2.05) is 0 Å². The smallest absolute Gasteiger partial charge is 0.329 e. The molecule has 8 nitrogen and oxygen atoms in total. The topological polar surface area (TPSA) is 104 Å². The lowest BCUT2D eigenvalue weighted by molar-refractivity contribution is -0.142. The van der Waals surface area contributed by atoms with Crippen LogP contribution in [0.25, 0.3) is 22.3 Å². The molecule has 158 valence electrons. The highest BCUT2D eigenvalue weighted by Gasteiger charge is 2.18. The highest BCUT2D eigenvalue weighted by Crippen LogP contribution is 2.40. The maximum Gasteiger partial charge on any atom is 0.329 e. The molecule has 30 heavy (non-hydrogen) atoms. The molecule has 1 heterocycles. The van der Waals surface area contributed by atoms with E-state index in [-0.39, 0.29) is 30.0 Å². The van der Waals surface area contributed by atoms with Crippen LogP contribution in [0.3, 0.4) is 0 Å². The van der Waals surface area contributed by atoms with Gasteiger partial charge in [0.1, 0.15) is 24.7 Å². The fourth-order valence-electron chi connectivity index (χ4n) is 2.82. The third kappa shape index (κ3) is 4.67. The van der Waals surface area contributed by atoms with Gasteiger partial charge in [-0.25, -0.2) is 4.79 Å². The molecule has 0 spiro atoms.